The second-order valence-corrected chi connectivity index (χ2v) is 7.70. The molecule has 0 aromatic rings. The second-order valence-electron chi connectivity index (χ2n) is 7.70. The van der Waals surface area contributed by atoms with Crippen LogP contribution in [0.2, 0.25) is 0 Å². The summed E-state index contributed by atoms with van der Waals surface area (Å²) in [4.78, 5) is 27.5. The number of rotatable bonds is 2. The summed E-state index contributed by atoms with van der Waals surface area (Å²) >= 11 is 0. The number of carboxylic acids is 1. The van der Waals surface area contributed by atoms with E-state index in [1.165, 1.54) is 0 Å². The molecule has 23 heavy (non-hydrogen) atoms. The molecule has 0 aromatic heterocycles. The lowest BCUT2D eigenvalue weighted by molar-refractivity contribution is -0.143. The van der Waals surface area contributed by atoms with Crippen LogP contribution in [-0.4, -0.2) is 64.8 Å². The third-order valence-electron chi connectivity index (χ3n) is 4.74. The number of nitrogens with zero attached hydrogens (tertiary/aromatic N) is 2. The van der Waals surface area contributed by atoms with Crippen LogP contribution in [0.4, 0.5) is 4.79 Å². The molecule has 2 rings (SSSR count). The number of amides is 1. The molecular formula is C17H30N2O4. The Morgan fingerprint density at radius 3 is 2.22 bits per heavy atom. The number of aliphatic carboxylic acids is 1. The third kappa shape index (κ3) is 5.37. The summed E-state index contributed by atoms with van der Waals surface area (Å²) in [6.07, 6.45) is 4.24. The van der Waals surface area contributed by atoms with Gasteiger partial charge in [0.2, 0.25) is 0 Å². The third-order valence-corrected chi connectivity index (χ3v) is 4.74. The normalized spacial score (nSPS) is 25.0. The van der Waals surface area contributed by atoms with Crippen molar-refractivity contribution in [2.45, 2.75) is 64.5 Å². The SMILES string of the molecule is CC(C)(C)OC(=O)N1CCC[C@H](N2CCC(C(=O)O)CC2)CC1. The zero-order valence-electron chi connectivity index (χ0n) is 14.6. The zero-order valence-corrected chi connectivity index (χ0v) is 14.6. The summed E-state index contributed by atoms with van der Waals surface area (Å²) in [5.74, 6) is -0.850. The highest BCUT2D eigenvalue weighted by atomic mass is 16.6. The number of carbonyl (C=O) groups excluding carboxylic acids is 1. The average Bonchev–Trinajstić information content (AvgIpc) is 2.71. The van der Waals surface area contributed by atoms with E-state index in [9.17, 15) is 9.59 Å². The van der Waals surface area contributed by atoms with Gasteiger partial charge in [-0.2, -0.15) is 0 Å². The maximum Gasteiger partial charge on any atom is 0.410 e. The Hall–Kier alpha value is -1.30. The number of ether oxygens (including phenoxy) is 1. The quantitative estimate of drug-likeness (QED) is 0.844. The Balaban J connectivity index is 1.82. The summed E-state index contributed by atoms with van der Waals surface area (Å²) in [5.41, 5.74) is -0.457. The van der Waals surface area contributed by atoms with Crippen LogP contribution in [0, 0.1) is 5.92 Å². The highest BCUT2D eigenvalue weighted by Crippen LogP contribution is 2.24. The van der Waals surface area contributed by atoms with Gasteiger partial charge in [0.1, 0.15) is 5.60 Å². The summed E-state index contributed by atoms with van der Waals surface area (Å²) < 4.78 is 5.46. The van der Waals surface area contributed by atoms with Crippen LogP contribution in [0.15, 0.2) is 0 Å². The van der Waals surface area contributed by atoms with Crippen molar-refractivity contribution in [3.05, 3.63) is 0 Å². The molecule has 1 amide bonds. The number of likely N-dealkylation sites (tertiary alicyclic amines) is 2. The highest BCUT2D eigenvalue weighted by Gasteiger charge is 2.31. The molecule has 0 aliphatic carbocycles. The number of carbonyl (C=O) groups is 2. The Labute approximate surface area is 138 Å². The van der Waals surface area contributed by atoms with E-state index in [1.54, 1.807) is 0 Å². The fourth-order valence-corrected chi connectivity index (χ4v) is 3.46. The van der Waals surface area contributed by atoms with E-state index in [0.717, 1.165) is 58.3 Å². The first kappa shape index (κ1) is 18.0. The monoisotopic (exact) mass is 326 g/mol. The van der Waals surface area contributed by atoms with Gasteiger partial charge in [0.15, 0.2) is 0 Å². The molecule has 2 aliphatic rings. The highest BCUT2D eigenvalue weighted by molar-refractivity contribution is 5.70. The van der Waals surface area contributed by atoms with Crippen molar-refractivity contribution in [2.75, 3.05) is 26.2 Å². The summed E-state index contributed by atoms with van der Waals surface area (Å²) in [6.45, 7) is 8.84. The number of hydrogen-bond donors (Lipinski definition) is 1. The molecule has 1 atom stereocenters. The molecule has 1 N–H and O–H groups in total. The predicted octanol–water partition coefficient (Wildman–Crippen LogP) is 2.57. The van der Waals surface area contributed by atoms with E-state index in [1.807, 2.05) is 25.7 Å². The van der Waals surface area contributed by atoms with Gasteiger partial charge in [0.25, 0.3) is 0 Å². The van der Waals surface area contributed by atoms with Gasteiger partial charge in [0, 0.05) is 19.1 Å². The molecule has 0 bridgehead atoms. The molecule has 6 heteroatoms. The van der Waals surface area contributed by atoms with Crippen molar-refractivity contribution in [1.82, 2.24) is 9.80 Å². The van der Waals surface area contributed by atoms with E-state index >= 15 is 0 Å². The first-order valence-electron chi connectivity index (χ1n) is 8.71. The molecule has 0 radical (unpaired) electrons. The van der Waals surface area contributed by atoms with Crippen LogP contribution in [0.1, 0.15) is 52.9 Å². The first-order chi connectivity index (χ1) is 10.8. The topological polar surface area (TPSA) is 70.1 Å². The smallest absolute Gasteiger partial charge is 0.410 e. The van der Waals surface area contributed by atoms with Gasteiger partial charge in [-0.15, -0.1) is 0 Å². The van der Waals surface area contributed by atoms with Crippen LogP contribution in [0.3, 0.4) is 0 Å². The van der Waals surface area contributed by atoms with Crippen LogP contribution in [-0.2, 0) is 9.53 Å². The molecule has 0 spiro atoms. The fourth-order valence-electron chi connectivity index (χ4n) is 3.46. The van der Waals surface area contributed by atoms with E-state index in [4.69, 9.17) is 9.84 Å². The molecule has 0 aromatic carbocycles. The van der Waals surface area contributed by atoms with Crippen molar-refractivity contribution in [2.24, 2.45) is 5.92 Å². The molecular weight excluding hydrogens is 296 g/mol. The molecule has 0 unspecified atom stereocenters. The van der Waals surface area contributed by atoms with Crippen LogP contribution in [0.5, 0.6) is 0 Å². The summed E-state index contributed by atoms with van der Waals surface area (Å²) in [5, 5.41) is 9.09. The number of carboxylic acid groups (broad SMARTS) is 1. The van der Waals surface area contributed by atoms with E-state index in [2.05, 4.69) is 4.90 Å². The lowest BCUT2D eigenvalue weighted by Crippen LogP contribution is -2.43. The Bertz CT molecular complexity index is 425. The average molecular weight is 326 g/mol. The van der Waals surface area contributed by atoms with Gasteiger partial charge in [-0.05, 0) is 66.0 Å². The predicted molar refractivity (Wildman–Crippen MR) is 87.4 cm³/mol. The molecule has 2 saturated heterocycles. The number of hydrogen-bond acceptors (Lipinski definition) is 4. The molecule has 132 valence electrons. The Morgan fingerprint density at radius 2 is 1.65 bits per heavy atom. The van der Waals surface area contributed by atoms with Gasteiger partial charge in [-0.3, -0.25) is 4.79 Å². The van der Waals surface area contributed by atoms with Gasteiger partial charge in [-0.25, -0.2) is 4.79 Å². The van der Waals surface area contributed by atoms with Gasteiger partial charge < -0.3 is 19.6 Å². The van der Waals surface area contributed by atoms with Gasteiger partial charge in [-0.1, -0.05) is 0 Å². The van der Waals surface area contributed by atoms with Gasteiger partial charge in [0.05, 0.1) is 5.92 Å². The zero-order chi connectivity index (χ0) is 17.0. The maximum absolute atomic E-state index is 12.2. The lowest BCUT2D eigenvalue weighted by atomic mass is 9.94. The van der Waals surface area contributed by atoms with Crippen LogP contribution in [0.25, 0.3) is 0 Å². The summed E-state index contributed by atoms with van der Waals surface area (Å²) in [7, 11) is 0. The Kier molecular flexibility index (Phi) is 5.89. The van der Waals surface area contributed by atoms with E-state index < -0.39 is 11.6 Å². The summed E-state index contributed by atoms with van der Waals surface area (Å²) in [6, 6.07) is 0.456. The van der Waals surface area contributed by atoms with E-state index in [-0.39, 0.29) is 12.0 Å². The largest absolute Gasteiger partial charge is 0.481 e. The van der Waals surface area contributed by atoms with E-state index in [0.29, 0.717) is 6.04 Å². The van der Waals surface area contributed by atoms with Crippen LogP contribution >= 0.6 is 0 Å². The van der Waals surface area contributed by atoms with Crippen molar-refractivity contribution in [3.8, 4) is 0 Å². The van der Waals surface area contributed by atoms with Crippen molar-refractivity contribution in [3.63, 3.8) is 0 Å². The van der Waals surface area contributed by atoms with Gasteiger partial charge >= 0.3 is 12.1 Å². The molecule has 2 aliphatic heterocycles. The fraction of sp³-hybridized carbons (Fsp3) is 0.882. The molecule has 2 fully saturated rings. The maximum atomic E-state index is 12.2. The minimum absolute atomic E-state index is 0.185. The molecule has 0 saturated carbocycles. The lowest BCUT2D eigenvalue weighted by Gasteiger charge is -2.36. The Morgan fingerprint density at radius 1 is 1.00 bits per heavy atom. The first-order valence-corrected chi connectivity index (χ1v) is 8.71. The minimum Gasteiger partial charge on any atom is -0.481 e. The standard InChI is InChI=1S/C17H30N2O4/c1-17(2,3)23-16(22)19-9-4-5-14(8-12-19)18-10-6-13(7-11-18)15(20)21/h13-14H,4-12H2,1-3H3,(H,20,21)/t14-/m0/s1. The second kappa shape index (κ2) is 7.51. The number of piperidine rings is 1. The molecule has 6 nitrogen and oxygen atoms in total. The minimum atomic E-state index is -0.665. The van der Waals surface area contributed by atoms with Crippen molar-refractivity contribution >= 4 is 12.1 Å². The van der Waals surface area contributed by atoms with Crippen LogP contribution < -0.4 is 0 Å². The molecule has 2 heterocycles. The van der Waals surface area contributed by atoms with Crippen molar-refractivity contribution in [1.29, 1.82) is 0 Å². The van der Waals surface area contributed by atoms with Crippen molar-refractivity contribution < 1.29 is 19.4 Å².